The van der Waals surface area contributed by atoms with Crippen molar-refractivity contribution < 1.29 is 19.4 Å². The Morgan fingerprint density at radius 2 is 2.00 bits per heavy atom. The highest BCUT2D eigenvalue weighted by Gasteiger charge is 2.47. The molecule has 0 aromatic heterocycles. The van der Waals surface area contributed by atoms with Crippen molar-refractivity contribution >= 4 is 5.97 Å². The van der Waals surface area contributed by atoms with Gasteiger partial charge >= 0.3 is 5.97 Å². The van der Waals surface area contributed by atoms with Crippen LogP contribution in [-0.4, -0.2) is 30.4 Å². The fourth-order valence-corrected chi connectivity index (χ4v) is 3.31. The molecule has 23 heavy (non-hydrogen) atoms. The standard InChI is InChI=1S/C19H26O4/c1-13-10-16(23-12-14-8-6-5-7-9-14)18(21)19(2,3)15(13)11-17(20)22-4/h5-9,15-16,18,21H,1,10-12H2,2-4H3/t15-,16?,18+/m1/s1. The molecule has 0 heterocycles. The molecule has 2 rings (SSSR count). The van der Waals surface area contributed by atoms with E-state index < -0.39 is 11.5 Å². The molecule has 126 valence electrons. The number of methoxy groups -OCH3 is 1. The van der Waals surface area contributed by atoms with Gasteiger partial charge in [-0.15, -0.1) is 0 Å². The summed E-state index contributed by atoms with van der Waals surface area (Å²) in [5.74, 6) is -0.387. The van der Waals surface area contributed by atoms with Gasteiger partial charge in [0.25, 0.3) is 0 Å². The van der Waals surface area contributed by atoms with Crippen molar-refractivity contribution in [3.05, 3.63) is 48.0 Å². The van der Waals surface area contributed by atoms with Gasteiger partial charge in [0.1, 0.15) is 0 Å². The Morgan fingerprint density at radius 3 is 2.61 bits per heavy atom. The smallest absolute Gasteiger partial charge is 0.306 e. The van der Waals surface area contributed by atoms with Gasteiger partial charge in [-0.25, -0.2) is 0 Å². The first kappa shape index (κ1) is 17.7. The molecule has 4 nitrogen and oxygen atoms in total. The molecule has 1 aromatic rings. The number of ether oxygens (including phenoxy) is 2. The van der Waals surface area contributed by atoms with E-state index in [-0.39, 0.29) is 24.4 Å². The summed E-state index contributed by atoms with van der Waals surface area (Å²) in [4.78, 5) is 11.6. The minimum atomic E-state index is -0.661. The number of aliphatic hydroxyl groups excluding tert-OH is 1. The average Bonchev–Trinajstić information content (AvgIpc) is 2.54. The summed E-state index contributed by atoms with van der Waals surface area (Å²) < 4.78 is 10.7. The van der Waals surface area contributed by atoms with Crippen LogP contribution in [0.15, 0.2) is 42.5 Å². The average molecular weight is 318 g/mol. The normalized spacial score (nSPS) is 26.8. The summed E-state index contributed by atoms with van der Waals surface area (Å²) in [5.41, 5.74) is 1.51. The van der Waals surface area contributed by atoms with Crippen LogP contribution in [0.2, 0.25) is 0 Å². The largest absolute Gasteiger partial charge is 0.469 e. The maximum absolute atomic E-state index is 11.6. The van der Waals surface area contributed by atoms with Crippen LogP contribution in [0.1, 0.15) is 32.3 Å². The summed E-state index contributed by atoms with van der Waals surface area (Å²) in [6, 6.07) is 9.88. The Morgan fingerprint density at radius 1 is 1.35 bits per heavy atom. The molecule has 0 bridgehead atoms. The fraction of sp³-hybridized carbons (Fsp3) is 0.526. The van der Waals surface area contributed by atoms with Crippen molar-refractivity contribution in [1.82, 2.24) is 0 Å². The van der Waals surface area contributed by atoms with E-state index in [9.17, 15) is 9.90 Å². The van der Waals surface area contributed by atoms with Crippen molar-refractivity contribution in [2.45, 2.75) is 45.5 Å². The number of hydrogen-bond donors (Lipinski definition) is 1. The summed E-state index contributed by atoms with van der Waals surface area (Å²) in [5, 5.41) is 10.7. The van der Waals surface area contributed by atoms with Gasteiger partial charge in [0.15, 0.2) is 0 Å². The van der Waals surface area contributed by atoms with E-state index >= 15 is 0 Å². The number of aliphatic hydroxyl groups is 1. The molecule has 0 saturated heterocycles. The molecule has 0 spiro atoms. The van der Waals surface area contributed by atoms with Gasteiger partial charge in [0, 0.05) is 5.41 Å². The molecule has 1 unspecified atom stereocenters. The molecule has 1 fully saturated rings. The van der Waals surface area contributed by atoms with Crippen LogP contribution in [-0.2, 0) is 20.9 Å². The highest BCUT2D eigenvalue weighted by molar-refractivity contribution is 5.70. The number of carbonyl (C=O) groups excluding carboxylic acids is 1. The molecule has 0 aliphatic heterocycles. The Bertz CT molecular complexity index is 550. The topological polar surface area (TPSA) is 55.8 Å². The second-order valence-corrected chi connectivity index (χ2v) is 6.80. The van der Waals surface area contributed by atoms with Gasteiger partial charge in [-0.1, -0.05) is 56.3 Å². The van der Waals surface area contributed by atoms with Crippen LogP contribution in [0.4, 0.5) is 0 Å². The molecule has 1 aliphatic carbocycles. The van der Waals surface area contributed by atoms with E-state index in [0.29, 0.717) is 13.0 Å². The van der Waals surface area contributed by atoms with Gasteiger partial charge in [-0.3, -0.25) is 4.79 Å². The lowest BCUT2D eigenvalue weighted by atomic mass is 9.63. The third kappa shape index (κ3) is 4.01. The molecule has 1 aliphatic rings. The molecule has 1 aromatic carbocycles. The first-order valence-electron chi connectivity index (χ1n) is 7.94. The first-order valence-corrected chi connectivity index (χ1v) is 7.94. The van der Waals surface area contributed by atoms with E-state index in [1.807, 2.05) is 44.2 Å². The molecule has 4 heteroatoms. The van der Waals surface area contributed by atoms with Gasteiger partial charge in [0.2, 0.25) is 0 Å². The summed E-state index contributed by atoms with van der Waals surface area (Å²) in [7, 11) is 1.38. The molecular weight excluding hydrogens is 292 g/mol. The minimum Gasteiger partial charge on any atom is -0.469 e. The van der Waals surface area contributed by atoms with Crippen molar-refractivity contribution in [2.24, 2.45) is 11.3 Å². The van der Waals surface area contributed by atoms with Gasteiger partial charge in [-0.2, -0.15) is 0 Å². The Balaban J connectivity index is 2.05. The van der Waals surface area contributed by atoms with E-state index in [1.54, 1.807) is 0 Å². The van der Waals surface area contributed by atoms with E-state index in [4.69, 9.17) is 9.47 Å². The van der Waals surface area contributed by atoms with E-state index in [0.717, 1.165) is 11.1 Å². The van der Waals surface area contributed by atoms with Gasteiger partial charge in [-0.05, 0) is 17.9 Å². The van der Waals surface area contributed by atoms with Crippen molar-refractivity contribution in [1.29, 1.82) is 0 Å². The van der Waals surface area contributed by atoms with Crippen molar-refractivity contribution in [2.75, 3.05) is 7.11 Å². The third-order valence-electron chi connectivity index (χ3n) is 4.87. The van der Waals surface area contributed by atoms with Gasteiger partial charge < -0.3 is 14.6 Å². The highest BCUT2D eigenvalue weighted by Crippen LogP contribution is 2.46. The third-order valence-corrected chi connectivity index (χ3v) is 4.87. The van der Waals surface area contributed by atoms with Crippen LogP contribution < -0.4 is 0 Å². The second kappa shape index (κ2) is 7.28. The molecular formula is C19H26O4. The highest BCUT2D eigenvalue weighted by atomic mass is 16.5. The molecule has 1 N–H and O–H groups in total. The SMILES string of the molecule is C=C1CC(OCc2ccccc2)[C@H](O)C(C)(C)[C@@H]1CC(=O)OC. The Hall–Kier alpha value is -1.65. The van der Waals surface area contributed by atoms with Crippen LogP contribution >= 0.6 is 0 Å². The minimum absolute atomic E-state index is 0.110. The summed E-state index contributed by atoms with van der Waals surface area (Å²) in [6.45, 7) is 8.48. The Kier molecular flexibility index (Phi) is 5.60. The lowest BCUT2D eigenvalue weighted by Gasteiger charge is -2.47. The van der Waals surface area contributed by atoms with Crippen molar-refractivity contribution in [3.8, 4) is 0 Å². The van der Waals surface area contributed by atoms with Crippen LogP contribution in [0.5, 0.6) is 0 Å². The molecule has 0 radical (unpaired) electrons. The zero-order valence-electron chi connectivity index (χ0n) is 14.1. The number of esters is 1. The number of rotatable bonds is 5. The predicted octanol–water partition coefficient (Wildman–Crippen LogP) is 3.10. The zero-order valence-corrected chi connectivity index (χ0v) is 14.1. The van der Waals surface area contributed by atoms with E-state index in [1.165, 1.54) is 7.11 Å². The van der Waals surface area contributed by atoms with Crippen molar-refractivity contribution in [3.63, 3.8) is 0 Å². The molecule has 1 saturated carbocycles. The number of hydrogen-bond acceptors (Lipinski definition) is 4. The molecule has 3 atom stereocenters. The summed E-state index contributed by atoms with van der Waals surface area (Å²) in [6.07, 6.45) is -0.179. The lowest BCUT2D eigenvalue weighted by Crippen LogP contribution is -2.51. The van der Waals surface area contributed by atoms with Crippen LogP contribution in [0, 0.1) is 11.3 Å². The molecule has 0 amide bonds. The first-order chi connectivity index (χ1) is 10.9. The Labute approximate surface area is 138 Å². The van der Waals surface area contributed by atoms with Gasteiger partial charge in [0.05, 0.1) is 32.3 Å². The fourth-order valence-electron chi connectivity index (χ4n) is 3.31. The zero-order chi connectivity index (χ0) is 17.0. The quantitative estimate of drug-likeness (QED) is 0.669. The van der Waals surface area contributed by atoms with E-state index in [2.05, 4.69) is 6.58 Å². The maximum atomic E-state index is 11.6. The summed E-state index contributed by atoms with van der Waals surface area (Å²) >= 11 is 0. The lowest BCUT2D eigenvalue weighted by molar-refractivity contribution is -0.149. The maximum Gasteiger partial charge on any atom is 0.306 e. The predicted molar refractivity (Wildman–Crippen MR) is 88.7 cm³/mol. The van der Waals surface area contributed by atoms with Crippen LogP contribution in [0.25, 0.3) is 0 Å². The monoisotopic (exact) mass is 318 g/mol. The van der Waals surface area contributed by atoms with Crippen LogP contribution in [0.3, 0.4) is 0 Å². The number of carbonyl (C=O) groups is 1. The second-order valence-electron chi connectivity index (χ2n) is 6.80. The number of benzene rings is 1.